The molecule has 3 rings (SSSR count). The first-order valence-corrected chi connectivity index (χ1v) is 7.74. The van der Waals surface area contributed by atoms with Crippen LogP contribution >= 0.6 is 22.9 Å². The maximum Gasteiger partial charge on any atom is 0.165 e. The van der Waals surface area contributed by atoms with E-state index < -0.39 is 5.82 Å². The molecule has 0 amide bonds. The SMILES string of the molecule is COc1ccc(C(Cl)Cc2nc3ccccc3s2)cc1F. The first-order chi connectivity index (χ1) is 10.2. The average molecular weight is 322 g/mol. The molecule has 0 saturated carbocycles. The van der Waals surface area contributed by atoms with Gasteiger partial charge in [-0.15, -0.1) is 22.9 Å². The molecular formula is C16H13ClFNOS. The molecule has 0 fully saturated rings. The normalized spacial score (nSPS) is 12.5. The Morgan fingerprint density at radius 1 is 1.29 bits per heavy atom. The number of hydrogen-bond donors (Lipinski definition) is 0. The van der Waals surface area contributed by atoms with Crippen molar-refractivity contribution < 1.29 is 9.13 Å². The van der Waals surface area contributed by atoms with E-state index in [9.17, 15) is 4.39 Å². The molecule has 0 aliphatic carbocycles. The summed E-state index contributed by atoms with van der Waals surface area (Å²) in [6.45, 7) is 0. The van der Waals surface area contributed by atoms with Gasteiger partial charge in [0.15, 0.2) is 11.6 Å². The summed E-state index contributed by atoms with van der Waals surface area (Å²) in [6, 6.07) is 12.8. The third-order valence-electron chi connectivity index (χ3n) is 3.23. The standard InChI is InChI=1S/C16H13ClFNOS/c1-20-14-7-6-10(8-12(14)18)11(17)9-16-19-13-4-2-3-5-15(13)21-16/h2-8,11H,9H2,1H3. The predicted molar refractivity (Wildman–Crippen MR) is 84.9 cm³/mol. The molecule has 108 valence electrons. The van der Waals surface area contributed by atoms with Crippen molar-refractivity contribution in [1.82, 2.24) is 4.98 Å². The Bertz CT molecular complexity index is 741. The number of aromatic nitrogens is 1. The molecular weight excluding hydrogens is 309 g/mol. The second-order valence-electron chi connectivity index (χ2n) is 4.64. The highest BCUT2D eigenvalue weighted by atomic mass is 35.5. The topological polar surface area (TPSA) is 22.1 Å². The molecule has 0 aliphatic heterocycles. The van der Waals surface area contributed by atoms with Crippen LogP contribution in [0.2, 0.25) is 0 Å². The molecule has 0 radical (unpaired) electrons. The molecule has 21 heavy (non-hydrogen) atoms. The molecule has 2 nitrogen and oxygen atoms in total. The van der Waals surface area contributed by atoms with E-state index in [1.54, 1.807) is 23.5 Å². The van der Waals surface area contributed by atoms with E-state index in [0.717, 1.165) is 20.8 Å². The first-order valence-electron chi connectivity index (χ1n) is 6.49. The molecule has 0 N–H and O–H groups in total. The third-order valence-corrected chi connectivity index (χ3v) is 4.69. The summed E-state index contributed by atoms with van der Waals surface area (Å²) < 4.78 is 19.8. The predicted octanol–water partition coefficient (Wildman–Crippen LogP) is 4.97. The van der Waals surface area contributed by atoms with Crippen LogP contribution in [0.1, 0.15) is 15.9 Å². The lowest BCUT2D eigenvalue weighted by atomic mass is 10.1. The molecule has 1 aromatic heterocycles. The van der Waals surface area contributed by atoms with Gasteiger partial charge in [0.2, 0.25) is 0 Å². The minimum atomic E-state index is -0.398. The second kappa shape index (κ2) is 6.00. The number of halogens is 2. The van der Waals surface area contributed by atoms with Gasteiger partial charge in [0.1, 0.15) is 0 Å². The van der Waals surface area contributed by atoms with Crippen molar-refractivity contribution in [3.63, 3.8) is 0 Å². The van der Waals surface area contributed by atoms with Crippen LogP contribution in [0.15, 0.2) is 42.5 Å². The zero-order chi connectivity index (χ0) is 14.8. The Labute approximate surface area is 131 Å². The van der Waals surface area contributed by atoms with E-state index in [4.69, 9.17) is 16.3 Å². The number of thiazole rings is 1. The molecule has 1 heterocycles. The van der Waals surface area contributed by atoms with Gasteiger partial charge in [-0.25, -0.2) is 9.37 Å². The van der Waals surface area contributed by atoms with Gasteiger partial charge >= 0.3 is 0 Å². The third kappa shape index (κ3) is 3.01. The average Bonchev–Trinajstić information content (AvgIpc) is 2.89. The Morgan fingerprint density at radius 2 is 2.10 bits per heavy atom. The fourth-order valence-electron chi connectivity index (χ4n) is 2.16. The highest BCUT2D eigenvalue weighted by molar-refractivity contribution is 7.18. The van der Waals surface area contributed by atoms with Crippen LogP contribution < -0.4 is 4.74 Å². The van der Waals surface area contributed by atoms with Gasteiger partial charge < -0.3 is 4.74 Å². The monoisotopic (exact) mass is 321 g/mol. The number of ether oxygens (including phenoxy) is 1. The minimum Gasteiger partial charge on any atom is -0.494 e. The van der Waals surface area contributed by atoms with Crippen LogP contribution in [0.5, 0.6) is 5.75 Å². The lowest BCUT2D eigenvalue weighted by molar-refractivity contribution is 0.386. The molecule has 2 aromatic carbocycles. The van der Waals surface area contributed by atoms with E-state index in [-0.39, 0.29) is 11.1 Å². The van der Waals surface area contributed by atoms with Gasteiger partial charge in [-0.1, -0.05) is 18.2 Å². The van der Waals surface area contributed by atoms with Crippen LogP contribution in [0.4, 0.5) is 4.39 Å². The van der Waals surface area contributed by atoms with Crippen LogP contribution in [0, 0.1) is 5.82 Å². The minimum absolute atomic E-state index is 0.225. The lowest BCUT2D eigenvalue weighted by Gasteiger charge is -2.09. The van der Waals surface area contributed by atoms with Gasteiger partial charge in [-0.05, 0) is 29.8 Å². The number of nitrogens with zero attached hydrogens (tertiary/aromatic N) is 1. The highest BCUT2D eigenvalue weighted by Crippen LogP contribution is 2.31. The number of para-hydroxylation sites is 1. The Kier molecular flexibility index (Phi) is 4.08. The summed E-state index contributed by atoms with van der Waals surface area (Å²) in [5.74, 6) is -0.174. The molecule has 0 spiro atoms. The molecule has 3 aromatic rings. The number of methoxy groups -OCH3 is 1. The number of hydrogen-bond acceptors (Lipinski definition) is 3. The van der Waals surface area contributed by atoms with Gasteiger partial charge in [-0.3, -0.25) is 0 Å². The Morgan fingerprint density at radius 3 is 2.81 bits per heavy atom. The Balaban J connectivity index is 1.82. The van der Waals surface area contributed by atoms with E-state index in [1.165, 1.54) is 13.2 Å². The van der Waals surface area contributed by atoms with Gasteiger partial charge in [0, 0.05) is 6.42 Å². The largest absolute Gasteiger partial charge is 0.494 e. The summed E-state index contributed by atoms with van der Waals surface area (Å²) in [6.07, 6.45) is 0.576. The van der Waals surface area contributed by atoms with Crippen molar-refractivity contribution in [2.45, 2.75) is 11.8 Å². The van der Waals surface area contributed by atoms with Crippen molar-refractivity contribution in [2.24, 2.45) is 0 Å². The van der Waals surface area contributed by atoms with E-state index >= 15 is 0 Å². The van der Waals surface area contributed by atoms with Gasteiger partial charge in [0.25, 0.3) is 0 Å². The molecule has 0 bridgehead atoms. The fraction of sp³-hybridized carbons (Fsp3) is 0.188. The molecule has 1 unspecified atom stereocenters. The van der Waals surface area contributed by atoms with E-state index in [0.29, 0.717) is 6.42 Å². The zero-order valence-corrected chi connectivity index (χ0v) is 12.9. The summed E-state index contributed by atoms with van der Waals surface area (Å²) in [5, 5.41) is 0.637. The molecule has 5 heteroatoms. The van der Waals surface area contributed by atoms with Gasteiger partial charge in [0.05, 0.1) is 27.7 Å². The van der Waals surface area contributed by atoms with Gasteiger partial charge in [-0.2, -0.15) is 0 Å². The second-order valence-corrected chi connectivity index (χ2v) is 6.28. The zero-order valence-electron chi connectivity index (χ0n) is 11.3. The van der Waals surface area contributed by atoms with Crippen molar-refractivity contribution in [3.8, 4) is 5.75 Å². The Hall–Kier alpha value is -1.65. The number of benzene rings is 2. The van der Waals surface area contributed by atoms with Crippen molar-refractivity contribution >= 4 is 33.2 Å². The maximum absolute atomic E-state index is 13.7. The van der Waals surface area contributed by atoms with Crippen LogP contribution in [-0.4, -0.2) is 12.1 Å². The summed E-state index contributed by atoms with van der Waals surface area (Å²) >= 11 is 8.01. The molecule has 0 aliphatic rings. The van der Waals surface area contributed by atoms with Crippen LogP contribution in [-0.2, 0) is 6.42 Å². The maximum atomic E-state index is 13.7. The number of alkyl halides is 1. The number of fused-ring (bicyclic) bond motifs is 1. The summed E-state index contributed by atoms with van der Waals surface area (Å²) in [5.41, 5.74) is 1.71. The van der Waals surface area contributed by atoms with Crippen molar-refractivity contribution in [3.05, 3.63) is 58.9 Å². The van der Waals surface area contributed by atoms with Crippen LogP contribution in [0.25, 0.3) is 10.2 Å². The van der Waals surface area contributed by atoms with Crippen molar-refractivity contribution in [2.75, 3.05) is 7.11 Å². The van der Waals surface area contributed by atoms with E-state index in [1.807, 2.05) is 24.3 Å². The highest BCUT2D eigenvalue weighted by Gasteiger charge is 2.14. The van der Waals surface area contributed by atoms with Crippen LogP contribution in [0.3, 0.4) is 0 Å². The van der Waals surface area contributed by atoms with Crippen molar-refractivity contribution in [1.29, 1.82) is 0 Å². The molecule has 0 saturated heterocycles. The quantitative estimate of drug-likeness (QED) is 0.633. The lowest BCUT2D eigenvalue weighted by Crippen LogP contribution is -1.97. The first kappa shape index (κ1) is 14.3. The molecule has 1 atom stereocenters. The van der Waals surface area contributed by atoms with E-state index in [2.05, 4.69) is 4.98 Å². The summed E-state index contributed by atoms with van der Waals surface area (Å²) in [4.78, 5) is 4.55. The smallest absolute Gasteiger partial charge is 0.165 e. The fourth-order valence-corrected chi connectivity index (χ4v) is 3.54. The summed E-state index contributed by atoms with van der Waals surface area (Å²) in [7, 11) is 1.44. The number of rotatable bonds is 4.